The molecule has 1 aromatic heterocycles. The number of halogens is 1. The van der Waals surface area contributed by atoms with E-state index in [-0.39, 0.29) is 12.0 Å². The topological polar surface area (TPSA) is 98.5 Å². The molecule has 0 unspecified atom stereocenters. The van der Waals surface area contributed by atoms with Crippen molar-refractivity contribution in [2.75, 3.05) is 11.9 Å². The molecule has 0 bridgehead atoms. The summed E-state index contributed by atoms with van der Waals surface area (Å²) >= 11 is 1.32. The van der Waals surface area contributed by atoms with Gasteiger partial charge in [0.05, 0.1) is 12.0 Å². The molecule has 3 N–H and O–H groups in total. The van der Waals surface area contributed by atoms with Crippen LogP contribution >= 0.6 is 11.3 Å². The minimum Gasteiger partial charge on any atom is -0.455 e. The molecule has 0 saturated carbocycles. The number of thiophene rings is 1. The quantitative estimate of drug-likeness (QED) is 0.755. The van der Waals surface area contributed by atoms with Crippen LogP contribution in [-0.2, 0) is 33.6 Å². The summed E-state index contributed by atoms with van der Waals surface area (Å²) < 4.78 is 18.4. The highest BCUT2D eigenvalue weighted by Crippen LogP contribution is 2.38. The number of nitrogens with two attached hydrogens (primary N) is 1. The van der Waals surface area contributed by atoms with E-state index in [1.165, 1.54) is 29.5 Å². The lowest BCUT2D eigenvalue weighted by Crippen LogP contribution is -2.23. The average molecular weight is 376 g/mol. The minimum atomic E-state index is -0.714. The second kappa shape index (κ2) is 7.65. The van der Waals surface area contributed by atoms with E-state index in [2.05, 4.69) is 5.32 Å². The van der Waals surface area contributed by atoms with Gasteiger partial charge in [-0.15, -0.1) is 11.3 Å². The van der Waals surface area contributed by atoms with Crippen LogP contribution in [-0.4, -0.2) is 24.4 Å². The summed E-state index contributed by atoms with van der Waals surface area (Å²) in [5, 5.41) is 2.97. The Hall–Kier alpha value is -2.74. The summed E-state index contributed by atoms with van der Waals surface area (Å²) in [6.45, 7) is -0.520. The second-order valence-electron chi connectivity index (χ2n) is 5.90. The van der Waals surface area contributed by atoms with Gasteiger partial charge in [-0.25, -0.2) is 4.39 Å². The van der Waals surface area contributed by atoms with Gasteiger partial charge in [0.1, 0.15) is 10.8 Å². The molecule has 3 rings (SSSR count). The fraction of sp³-hybridized carbons (Fsp3) is 0.278. The molecule has 8 heteroatoms. The van der Waals surface area contributed by atoms with Gasteiger partial charge in [0.25, 0.3) is 11.8 Å². The van der Waals surface area contributed by atoms with Crippen molar-refractivity contribution in [3.63, 3.8) is 0 Å². The number of carbonyl (C=O) groups excluding carboxylic acids is 3. The number of rotatable bonds is 6. The van der Waals surface area contributed by atoms with Crippen LogP contribution < -0.4 is 11.1 Å². The molecule has 1 aliphatic carbocycles. The molecule has 6 nitrogen and oxygen atoms in total. The zero-order valence-electron chi connectivity index (χ0n) is 13.8. The van der Waals surface area contributed by atoms with E-state index in [0.717, 1.165) is 29.7 Å². The Morgan fingerprint density at radius 3 is 2.73 bits per heavy atom. The van der Waals surface area contributed by atoms with E-state index in [4.69, 9.17) is 10.5 Å². The number of ether oxygens (including phenoxy) is 1. The van der Waals surface area contributed by atoms with Crippen molar-refractivity contribution in [3.8, 4) is 0 Å². The molecule has 136 valence electrons. The van der Waals surface area contributed by atoms with Crippen LogP contribution in [0.25, 0.3) is 0 Å². The first kappa shape index (κ1) is 18.1. The normalized spacial score (nSPS) is 12.5. The number of carbonyl (C=O) groups is 3. The van der Waals surface area contributed by atoms with Crippen molar-refractivity contribution in [2.24, 2.45) is 5.73 Å². The highest BCUT2D eigenvalue weighted by atomic mass is 32.1. The molecule has 0 aliphatic heterocycles. The molecule has 1 aromatic carbocycles. The number of nitrogens with one attached hydrogen (secondary N) is 1. The van der Waals surface area contributed by atoms with Gasteiger partial charge in [-0.2, -0.15) is 0 Å². The zero-order valence-corrected chi connectivity index (χ0v) is 14.7. The number of aryl methyl sites for hydroxylation is 1. The smallest absolute Gasteiger partial charge is 0.310 e. The molecule has 2 amide bonds. The van der Waals surface area contributed by atoms with Gasteiger partial charge in [-0.3, -0.25) is 14.4 Å². The average Bonchev–Trinajstić information content (AvgIpc) is 3.15. The van der Waals surface area contributed by atoms with Crippen molar-refractivity contribution in [1.82, 2.24) is 0 Å². The van der Waals surface area contributed by atoms with Crippen LogP contribution in [0.2, 0.25) is 0 Å². The number of fused-ring (bicyclic) bond motifs is 1. The molecule has 0 saturated heterocycles. The Kier molecular flexibility index (Phi) is 5.32. The third kappa shape index (κ3) is 3.91. The van der Waals surface area contributed by atoms with Gasteiger partial charge in [0, 0.05) is 4.88 Å². The summed E-state index contributed by atoms with van der Waals surface area (Å²) in [4.78, 5) is 36.5. The molecule has 0 fully saturated rings. The van der Waals surface area contributed by atoms with Gasteiger partial charge < -0.3 is 15.8 Å². The van der Waals surface area contributed by atoms with Crippen LogP contribution in [0.3, 0.4) is 0 Å². The zero-order chi connectivity index (χ0) is 18.7. The van der Waals surface area contributed by atoms with Crippen molar-refractivity contribution in [2.45, 2.75) is 25.7 Å². The predicted molar refractivity (Wildman–Crippen MR) is 94.6 cm³/mol. The van der Waals surface area contributed by atoms with E-state index in [0.29, 0.717) is 10.6 Å². The number of hydrogen-bond donors (Lipinski definition) is 2. The SMILES string of the molecule is NC(=O)c1c(NC(=O)COC(=O)Cc2ccccc2F)sc2c1CCC2. The van der Waals surface area contributed by atoms with Gasteiger partial charge in [-0.05, 0) is 36.5 Å². The number of amides is 2. The van der Waals surface area contributed by atoms with Gasteiger partial charge in [-0.1, -0.05) is 18.2 Å². The monoisotopic (exact) mass is 376 g/mol. The Balaban J connectivity index is 1.57. The van der Waals surface area contributed by atoms with Crippen molar-refractivity contribution in [3.05, 3.63) is 51.7 Å². The first-order valence-corrected chi connectivity index (χ1v) is 8.90. The predicted octanol–water partition coefficient (Wildman–Crippen LogP) is 2.20. The van der Waals surface area contributed by atoms with Gasteiger partial charge in [0.15, 0.2) is 6.61 Å². The molecular formula is C18H17FN2O4S. The fourth-order valence-electron chi connectivity index (χ4n) is 2.91. The molecule has 26 heavy (non-hydrogen) atoms. The molecule has 2 aromatic rings. The standard InChI is InChI=1S/C18H17FN2O4S/c19-12-6-2-1-4-10(12)8-15(23)25-9-14(22)21-18-16(17(20)24)11-5-3-7-13(11)26-18/h1-2,4,6H,3,5,7-9H2,(H2,20,24)(H,21,22). The number of hydrogen-bond acceptors (Lipinski definition) is 5. The summed E-state index contributed by atoms with van der Waals surface area (Å²) in [6.07, 6.45) is 2.31. The highest BCUT2D eigenvalue weighted by Gasteiger charge is 2.26. The van der Waals surface area contributed by atoms with E-state index in [1.807, 2.05) is 0 Å². The second-order valence-corrected chi connectivity index (χ2v) is 7.01. The number of anilines is 1. The fourth-order valence-corrected chi connectivity index (χ4v) is 4.22. The maximum absolute atomic E-state index is 13.5. The van der Waals surface area contributed by atoms with Crippen molar-refractivity contribution in [1.29, 1.82) is 0 Å². The highest BCUT2D eigenvalue weighted by molar-refractivity contribution is 7.17. The van der Waals surface area contributed by atoms with Crippen LogP contribution in [0.4, 0.5) is 9.39 Å². The summed E-state index contributed by atoms with van der Waals surface area (Å²) in [6, 6.07) is 5.85. The minimum absolute atomic E-state index is 0.198. The third-order valence-corrected chi connectivity index (χ3v) is 5.28. The van der Waals surface area contributed by atoms with E-state index >= 15 is 0 Å². The largest absolute Gasteiger partial charge is 0.455 e. The Morgan fingerprint density at radius 1 is 1.23 bits per heavy atom. The Morgan fingerprint density at radius 2 is 2.00 bits per heavy atom. The number of primary amides is 1. The van der Waals surface area contributed by atoms with E-state index in [9.17, 15) is 18.8 Å². The van der Waals surface area contributed by atoms with E-state index in [1.54, 1.807) is 6.07 Å². The maximum atomic E-state index is 13.5. The van der Waals surface area contributed by atoms with Crippen molar-refractivity contribution >= 4 is 34.1 Å². The molecule has 0 spiro atoms. The summed E-state index contributed by atoms with van der Waals surface area (Å²) in [5.74, 6) is -2.38. The van der Waals surface area contributed by atoms with Crippen molar-refractivity contribution < 1.29 is 23.5 Å². The van der Waals surface area contributed by atoms with Gasteiger partial charge >= 0.3 is 5.97 Å². The Labute approximate surface area is 153 Å². The molecule has 0 radical (unpaired) electrons. The molecule has 1 aliphatic rings. The third-order valence-electron chi connectivity index (χ3n) is 4.08. The number of benzene rings is 1. The van der Waals surface area contributed by atoms with Gasteiger partial charge in [0.2, 0.25) is 0 Å². The van der Waals surface area contributed by atoms with Crippen LogP contribution in [0, 0.1) is 5.82 Å². The van der Waals surface area contributed by atoms with Crippen LogP contribution in [0.1, 0.15) is 32.8 Å². The Bertz CT molecular complexity index is 878. The lowest BCUT2D eigenvalue weighted by Gasteiger charge is -2.07. The summed E-state index contributed by atoms with van der Waals surface area (Å²) in [7, 11) is 0. The molecular weight excluding hydrogens is 359 g/mol. The molecule has 1 heterocycles. The lowest BCUT2D eigenvalue weighted by molar-refractivity contribution is -0.146. The first-order valence-electron chi connectivity index (χ1n) is 8.09. The number of esters is 1. The maximum Gasteiger partial charge on any atom is 0.310 e. The lowest BCUT2D eigenvalue weighted by atomic mass is 10.1. The van der Waals surface area contributed by atoms with E-state index < -0.39 is 30.2 Å². The summed E-state index contributed by atoms with van der Waals surface area (Å²) in [5.41, 5.74) is 6.86. The first-order chi connectivity index (χ1) is 12.5. The van der Waals surface area contributed by atoms with Crippen LogP contribution in [0.15, 0.2) is 24.3 Å². The molecule has 0 atom stereocenters. The van der Waals surface area contributed by atoms with Crippen LogP contribution in [0.5, 0.6) is 0 Å².